The molecule has 0 amide bonds. The van der Waals surface area contributed by atoms with Gasteiger partial charge in [-0.3, -0.25) is 0 Å². The van der Waals surface area contributed by atoms with Crippen LogP contribution in [0.1, 0.15) is 25.3 Å². The van der Waals surface area contributed by atoms with Gasteiger partial charge in [0.2, 0.25) is 5.88 Å². The first-order chi connectivity index (χ1) is 12.0. The number of hydrogen-bond acceptors (Lipinski definition) is 5. The van der Waals surface area contributed by atoms with Gasteiger partial charge >= 0.3 is 0 Å². The summed E-state index contributed by atoms with van der Waals surface area (Å²) in [6, 6.07) is 15.6. The molecule has 0 aliphatic rings. The third-order valence-electron chi connectivity index (χ3n) is 3.72. The first kappa shape index (κ1) is 17.2. The number of nitrogens with zero attached hydrogens (tertiary/aromatic N) is 2. The van der Waals surface area contributed by atoms with Crippen LogP contribution in [0.4, 0.5) is 17.2 Å². The maximum Gasteiger partial charge on any atom is 0.248 e. The Bertz CT molecular complexity index is 848. The molecular formula is C19H19BrN4O. The van der Waals surface area contributed by atoms with Gasteiger partial charge in [0, 0.05) is 10.2 Å². The lowest BCUT2D eigenvalue weighted by Crippen LogP contribution is -2.03. The van der Waals surface area contributed by atoms with E-state index in [-0.39, 0.29) is 0 Å². The summed E-state index contributed by atoms with van der Waals surface area (Å²) in [5, 5.41) is 3.21. The Kier molecular flexibility index (Phi) is 5.19. The maximum absolute atomic E-state index is 6.17. The molecule has 0 saturated carbocycles. The molecule has 128 valence electrons. The lowest BCUT2D eigenvalue weighted by molar-refractivity contribution is 0.464. The van der Waals surface area contributed by atoms with E-state index in [2.05, 4.69) is 57.2 Å². The molecule has 0 unspecified atom stereocenters. The standard InChI is InChI=1S/C19H19BrN4O/c1-12(2)13-3-7-15(8-4-13)24-18-17(21)19(23-11-22-18)25-16-9-5-14(20)6-10-16/h3-12H,21H2,1-2H3,(H,22,23,24). The number of rotatable bonds is 5. The molecule has 2 aromatic carbocycles. The van der Waals surface area contributed by atoms with Crippen LogP contribution in [0, 0.1) is 0 Å². The smallest absolute Gasteiger partial charge is 0.248 e. The molecular weight excluding hydrogens is 380 g/mol. The summed E-state index contributed by atoms with van der Waals surface area (Å²) in [6.45, 7) is 4.33. The molecule has 3 aromatic rings. The summed E-state index contributed by atoms with van der Waals surface area (Å²) in [4.78, 5) is 8.34. The van der Waals surface area contributed by atoms with Crippen LogP contribution >= 0.6 is 15.9 Å². The molecule has 0 atom stereocenters. The Hall–Kier alpha value is -2.60. The summed E-state index contributed by atoms with van der Waals surface area (Å²) in [7, 11) is 0. The second-order valence-corrected chi connectivity index (χ2v) is 6.81. The number of aromatic nitrogens is 2. The molecule has 1 heterocycles. The number of nitrogens with one attached hydrogen (secondary N) is 1. The molecule has 25 heavy (non-hydrogen) atoms. The molecule has 0 spiro atoms. The largest absolute Gasteiger partial charge is 0.437 e. The van der Waals surface area contributed by atoms with E-state index in [0.717, 1.165) is 10.2 Å². The topological polar surface area (TPSA) is 73.1 Å². The van der Waals surface area contributed by atoms with Crippen LogP contribution in [0.3, 0.4) is 0 Å². The van der Waals surface area contributed by atoms with Crippen LogP contribution < -0.4 is 15.8 Å². The summed E-state index contributed by atoms with van der Waals surface area (Å²) >= 11 is 3.39. The fourth-order valence-corrected chi connectivity index (χ4v) is 2.53. The second-order valence-electron chi connectivity index (χ2n) is 5.90. The van der Waals surface area contributed by atoms with Crippen LogP contribution in [0.15, 0.2) is 59.3 Å². The Balaban J connectivity index is 1.79. The number of benzene rings is 2. The van der Waals surface area contributed by atoms with Crippen molar-refractivity contribution in [3.05, 3.63) is 64.9 Å². The van der Waals surface area contributed by atoms with E-state index < -0.39 is 0 Å². The summed E-state index contributed by atoms with van der Waals surface area (Å²) < 4.78 is 6.73. The molecule has 1 aromatic heterocycles. The monoisotopic (exact) mass is 398 g/mol. The molecule has 0 aliphatic heterocycles. The average molecular weight is 399 g/mol. The van der Waals surface area contributed by atoms with Crippen LogP contribution in [0.5, 0.6) is 11.6 Å². The van der Waals surface area contributed by atoms with E-state index in [1.807, 2.05) is 36.4 Å². The Labute approximate surface area is 155 Å². The van der Waals surface area contributed by atoms with Crippen molar-refractivity contribution in [2.75, 3.05) is 11.1 Å². The van der Waals surface area contributed by atoms with Gasteiger partial charge in [-0.1, -0.05) is 41.9 Å². The first-order valence-electron chi connectivity index (χ1n) is 7.94. The van der Waals surface area contributed by atoms with E-state index in [9.17, 15) is 0 Å². The minimum Gasteiger partial charge on any atom is -0.437 e. The lowest BCUT2D eigenvalue weighted by atomic mass is 10.0. The van der Waals surface area contributed by atoms with Crippen LogP contribution in [-0.4, -0.2) is 9.97 Å². The van der Waals surface area contributed by atoms with Gasteiger partial charge in [-0.25, -0.2) is 4.98 Å². The molecule has 5 nitrogen and oxygen atoms in total. The first-order valence-corrected chi connectivity index (χ1v) is 8.73. The van der Waals surface area contributed by atoms with Crippen molar-refractivity contribution in [2.24, 2.45) is 0 Å². The van der Waals surface area contributed by atoms with Gasteiger partial charge in [0.05, 0.1) is 0 Å². The predicted octanol–water partition coefficient (Wildman–Crippen LogP) is 5.48. The molecule has 0 aliphatic carbocycles. The van der Waals surface area contributed by atoms with Gasteiger partial charge in [0.15, 0.2) is 5.82 Å². The highest BCUT2D eigenvalue weighted by Gasteiger charge is 2.11. The number of halogens is 1. The minimum atomic E-state index is 0.318. The number of hydrogen-bond donors (Lipinski definition) is 2. The highest BCUT2D eigenvalue weighted by Crippen LogP contribution is 2.31. The molecule has 3 rings (SSSR count). The van der Waals surface area contributed by atoms with Crippen molar-refractivity contribution >= 4 is 33.1 Å². The van der Waals surface area contributed by atoms with Crippen LogP contribution in [-0.2, 0) is 0 Å². The van der Waals surface area contributed by atoms with Gasteiger partial charge in [0.1, 0.15) is 17.8 Å². The number of ether oxygens (including phenoxy) is 1. The fraction of sp³-hybridized carbons (Fsp3) is 0.158. The van der Waals surface area contributed by atoms with Gasteiger partial charge in [-0.05, 0) is 47.9 Å². The highest BCUT2D eigenvalue weighted by molar-refractivity contribution is 9.10. The van der Waals surface area contributed by atoms with E-state index in [1.165, 1.54) is 11.9 Å². The van der Waals surface area contributed by atoms with Crippen molar-refractivity contribution in [3.8, 4) is 11.6 Å². The SMILES string of the molecule is CC(C)c1ccc(Nc2ncnc(Oc3ccc(Br)cc3)c2N)cc1. The molecule has 0 fully saturated rings. The second kappa shape index (κ2) is 7.53. The van der Waals surface area contributed by atoms with Crippen LogP contribution in [0.25, 0.3) is 0 Å². The molecule has 6 heteroatoms. The summed E-state index contributed by atoms with van der Waals surface area (Å²) in [5.74, 6) is 1.97. The molecule has 0 radical (unpaired) electrons. The van der Waals surface area contributed by atoms with E-state index in [1.54, 1.807) is 0 Å². The summed E-state index contributed by atoms with van der Waals surface area (Å²) in [6.07, 6.45) is 1.43. The van der Waals surface area contributed by atoms with E-state index in [0.29, 0.717) is 29.1 Å². The normalized spacial score (nSPS) is 10.7. The van der Waals surface area contributed by atoms with Crippen molar-refractivity contribution in [3.63, 3.8) is 0 Å². The van der Waals surface area contributed by atoms with Gasteiger partial charge in [0.25, 0.3) is 0 Å². The molecule has 3 N–H and O–H groups in total. The van der Waals surface area contributed by atoms with Gasteiger partial charge in [-0.15, -0.1) is 0 Å². The fourth-order valence-electron chi connectivity index (χ4n) is 2.26. The summed E-state index contributed by atoms with van der Waals surface area (Å²) in [5.41, 5.74) is 8.71. The van der Waals surface area contributed by atoms with Gasteiger partial charge in [-0.2, -0.15) is 4.98 Å². The zero-order chi connectivity index (χ0) is 17.8. The highest BCUT2D eigenvalue weighted by atomic mass is 79.9. The molecule has 0 saturated heterocycles. The minimum absolute atomic E-state index is 0.318. The zero-order valence-corrected chi connectivity index (χ0v) is 15.6. The number of nitrogens with two attached hydrogens (primary N) is 1. The zero-order valence-electron chi connectivity index (χ0n) is 14.0. The van der Waals surface area contributed by atoms with Gasteiger partial charge < -0.3 is 15.8 Å². The third kappa shape index (κ3) is 4.28. The number of nitrogen functional groups attached to an aromatic ring is 1. The Morgan fingerprint density at radius 2 is 1.68 bits per heavy atom. The number of anilines is 3. The van der Waals surface area contributed by atoms with E-state index in [4.69, 9.17) is 10.5 Å². The molecule has 0 bridgehead atoms. The third-order valence-corrected chi connectivity index (χ3v) is 4.24. The van der Waals surface area contributed by atoms with Crippen molar-refractivity contribution < 1.29 is 4.74 Å². The van der Waals surface area contributed by atoms with E-state index >= 15 is 0 Å². The van der Waals surface area contributed by atoms with Crippen molar-refractivity contribution in [2.45, 2.75) is 19.8 Å². The lowest BCUT2D eigenvalue weighted by Gasteiger charge is -2.12. The van der Waals surface area contributed by atoms with Crippen molar-refractivity contribution in [1.29, 1.82) is 0 Å². The average Bonchev–Trinajstić information content (AvgIpc) is 2.61. The van der Waals surface area contributed by atoms with Crippen LogP contribution in [0.2, 0.25) is 0 Å². The van der Waals surface area contributed by atoms with Crippen molar-refractivity contribution in [1.82, 2.24) is 9.97 Å². The maximum atomic E-state index is 6.17. The predicted molar refractivity (Wildman–Crippen MR) is 104 cm³/mol. The quantitative estimate of drug-likeness (QED) is 0.594. The Morgan fingerprint density at radius 1 is 1.00 bits per heavy atom. The Morgan fingerprint density at radius 3 is 2.32 bits per heavy atom.